The topological polar surface area (TPSA) is 84.2 Å². The normalized spacial score (nSPS) is 11.2. The van der Waals surface area contributed by atoms with Gasteiger partial charge in [0.15, 0.2) is 0 Å². The van der Waals surface area contributed by atoms with Crippen LogP contribution in [0.3, 0.4) is 0 Å². The van der Waals surface area contributed by atoms with Gasteiger partial charge in [-0.3, -0.25) is 9.59 Å². The number of amides is 2. The van der Waals surface area contributed by atoms with E-state index in [1.165, 1.54) is 6.92 Å². The van der Waals surface area contributed by atoms with Crippen LogP contribution in [0.5, 0.6) is 0 Å². The Kier molecular flexibility index (Phi) is 8.22. The summed E-state index contributed by atoms with van der Waals surface area (Å²) >= 11 is 5.88. The molecule has 1 unspecified atom stereocenters. The third-order valence-corrected chi connectivity index (χ3v) is 2.72. The molecule has 4 N–H and O–H groups in total. The van der Waals surface area contributed by atoms with Gasteiger partial charge in [-0.1, -0.05) is 24.9 Å². The van der Waals surface area contributed by atoms with Gasteiger partial charge in [0.05, 0.1) is 17.4 Å². The van der Waals surface area contributed by atoms with Crippen molar-refractivity contribution in [2.75, 3.05) is 10.6 Å². The number of halogens is 2. The van der Waals surface area contributed by atoms with Crippen molar-refractivity contribution in [3.63, 3.8) is 0 Å². The molecule has 1 rings (SSSR count). The summed E-state index contributed by atoms with van der Waals surface area (Å²) in [4.78, 5) is 23.0. The molecule has 0 aliphatic carbocycles. The van der Waals surface area contributed by atoms with Crippen molar-refractivity contribution in [3.8, 4) is 0 Å². The maximum atomic E-state index is 11.9. The number of hydrogen-bond donors (Lipinski definition) is 3. The lowest BCUT2D eigenvalue weighted by Gasteiger charge is -2.15. The predicted molar refractivity (Wildman–Crippen MR) is 84.5 cm³/mol. The zero-order valence-electron chi connectivity index (χ0n) is 11.4. The third-order valence-electron chi connectivity index (χ3n) is 2.49. The Morgan fingerprint density at radius 1 is 1.30 bits per heavy atom. The van der Waals surface area contributed by atoms with Crippen LogP contribution >= 0.6 is 24.0 Å². The molecule has 0 radical (unpaired) electrons. The van der Waals surface area contributed by atoms with Gasteiger partial charge in [0.2, 0.25) is 11.8 Å². The molecule has 112 valence electrons. The fourth-order valence-corrected chi connectivity index (χ4v) is 1.76. The summed E-state index contributed by atoms with van der Waals surface area (Å²) in [6, 6.07) is 4.26. The highest BCUT2D eigenvalue weighted by molar-refractivity contribution is 6.31. The van der Waals surface area contributed by atoms with E-state index in [0.717, 1.165) is 6.42 Å². The van der Waals surface area contributed by atoms with E-state index in [2.05, 4.69) is 10.6 Å². The van der Waals surface area contributed by atoms with Crippen molar-refractivity contribution in [1.29, 1.82) is 0 Å². The van der Waals surface area contributed by atoms with Gasteiger partial charge in [0, 0.05) is 11.9 Å². The molecule has 0 fully saturated rings. The van der Waals surface area contributed by atoms with Crippen LogP contribution in [0.25, 0.3) is 0 Å². The summed E-state index contributed by atoms with van der Waals surface area (Å²) in [5.41, 5.74) is 6.67. The Hall–Kier alpha value is -1.30. The van der Waals surface area contributed by atoms with E-state index in [4.69, 9.17) is 17.3 Å². The molecule has 0 aliphatic heterocycles. The highest BCUT2D eigenvalue weighted by atomic mass is 35.5. The summed E-state index contributed by atoms with van der Waals surface area (Å²) in [6.45, 7) is 3.35. The second-order valence-corrected chi connectivity index (χ2v) is 4.69. The molecule has 0 saturated carbocycles. The first-order valence-electron chi connectivity index (χ1n) is 6.07. The molecule has 0 bridgehead atoms. The number of nitrogens with one attached hydrogen (secondary N) is 2. The monoisotopic (exact) mass is 319 g/mol. The third kappa shape index (κ3) is 5.77. The van der Waals surface area contributed by atoms with Gasteiger partial charge in [0.25, 0.3) is 0 Å². The lowest BCUT2D eigenvalue weighted by molar-refractivity contribution is -0.117. The molecule has 0 aromatic heterocycles. The van der Waals surface area contributed by atoms with Gasteiger partial charge in [-0.25, -0.2) is 0 Å². The molecule has 0 spiro atoms. The highest BCUT2D eigenvalue weighted by Gasteiger charge is 2.14. The fraction of sp³-hybridized carbons (Fsp3) is 0.385. The second kappa shape index (κ2) is 8.79. The molecule has 20 heavy (non-hydrogen) atoms. The summed E-state index contributed by atoms with van der Waals surface area (Å²) in [5.74, 6) is -0.522. The predicted octanol–water partition coefficient (Wildman–Crippen LogP) is 2.79. The van der Waals surface area contributed by atoms with Gasteiger partial charge in [-0.15, -0.1) is 12.4 Å². The van der Waals surface area contributed by atoms with Crippen LogP contribution in [0.1, 0.15) is 26.7 Å². The molecule has 0 saturated heterocycles. The van der Waals surface area contributed by atoms with Crippen molar-refractivity contribution >= 4 is 47.2 Å². The van der Waals surface area contributed by atoms with E-state index in [9.17, 15) is 9.59 Å². The van der Waals surface area contributed by atoms with Crippen LogP contribution in [-0.4, -0.2) is 17.9 Å². The first-order chi connectivity index (χ1) is 8.93. The van der Waals surface area contributed by atoms with Crippen molar-refractivity contribution in [1.82, 2.24) is 0 Å². The highest BCUT2D eigenvalue weighted by Crippen LogP contribution is 2.26. The minimum atomic E-state index is -0.575. The maximum Gasteiger partial charge on any atom is 0.241 e. The number of anilines is 2. The van der Waals surface area contributed by atoms with Crippen molar-refractivity contribution in [3.05, 3.63) is 23.2 Å². The summed E-state index contributed by atoms with van der Waals surface area (Å²) in [6.07, 6.45) is 1.42. The minimum Gasteiger partial charge on any atom is -0.325 e. The summed E-state index contributed by atoms with van der Waals surface area (Å²) in [7, 11) is 0. The molecule has 1 aromatic carbocycles. The van der Waals surface area contributed by atoms with Gasteiger partial charge in [-0.2, -0.15) is 0 Å². The van der Waals surface area contributed by atoms with Gasteiger partial charge in [-0.05, 0) is 24.6 Å². The molecule has 7 heteroatoms. The van der Waals surface area contributed by atoms with E-state index in [1.807, 2.05) is 6.92 Å². The Morgan fingerprint density at radius 3 is 2.50 bits per heavy atom. The number of benzene rings is 1. The Balaban J connectivity index is 0.00000361. The van der Waals surface area contributed by atoms with E-state index in [-0.39, 0.29) is 24.2 Å². The molecule has 0 heterocycles. The van der Waals surface area contributed by atoms with E-state index in [1.54, 1.807) is 18.2 Å². The zero-order chi connectivity index (χ0) is 14.4. The lowest BCUT2D eigenvalue weighted by atomic mass is 10.1. The SMILES string of the molecule is CCCC(N)C(=O)Nc1cc(Cl)ccc1NC(C)=O.Cl. The first kappa shape index (κ1) is 18.7. The molecule has 0 aliphatic rings. The Labute approximate surface area is 129 Å². The molecule has 1 aromatic rings. The molecule has 2 amide bonds. The Bertz CT molecular complexity index is 481. The van der Waals surface area contributed by atoms with Crippen molar-refractivity contribution in [2.45, 2.75) is 32.7 Å². The van der Waals surface area contributed by atoms with Crippen LogP contribution < -0.4 is 16.4 Å². The number of nitrogens with two attached hydrogens (primary N) is 1. The number of carbonyl (C=O) groups excluding carboxylic acids is 2. The number of carbonyl (C=O) groups is 2. The van der Waals surface area contributed by atoms with E-state index < -0.39 is 6.04 Å². The van der Waals surface area contributed by atoms with Gasteiger partial charge < -0.3 is 16.4 Å². The number of hydrogen-bond acceptors (Lipinski definition) is 3. The molecule has 1 atom stereocenters. The standard InChI is InChI=1S/C13H18ClN3O2.ClH/c1-3-4-10(15)13(19)17-12-7-9(14)5-6-11(12)16-8(2)18;/h5-7,10H,3-4,15H2,1-2H3,(H,16,18)(H,17,19);1H. The lowest BCUT2D eigenvalue weighted by Crippen LogP contribution is -2.35. The van der Waals surface area contributed by atoms with Crippen LogP contribution in [0.15, 0.2) is 18.2 Å². The second-order valence-electron chi connectivity index (χ2n) is 4.26. The van der Waals surface area contributed by atoms with E-state index in [0.29, 0.717) is 22.8 Å². The van der Waals surface area contributed by atoms with Crippen molar-refractivity contribution < 1.29 is 9.59 Å². The Morgan fingerprint density at radius 2 is 1.95 bits per heavy atom. The van der Waals surface area contributed by atoms with Crippen molar-refractivity contribution in [2.24, 2.45) is 5.73 Å². The zero-order valence-corrected chi connectivity index (χ0v) is 13.0. The van der Waals surface area contributed by atoms with Crippen LogP contribution in [0, 0.1) is 0 Å². The molecule has 5 nitrogen and oxygen atoms in total. The van der Waals surface area contributed by atoms with Crippen LogP contribution in [-0.2, 0) is 9.59 Å². The van der Waals surface area contributed by atoms with Crippen LogP contribution in [0.2, 0.25) is 5.02 Å². The van der Waals surface area contributed by atoms with Crippen LogP contribution in [0.4, 0.5) is 11.4 Å². The summed E-state index contributed by atoms with van der Waals surface area (Å²) < 4.78 is 0. The van der Waals surface area contributed by atoms with Gasteiger partial charge in [0.1, 0.15) is 0 Å². The molecular weight excluding hydrogens is 301 g/mol. The average molecular weight is 320 g/mol. The summed E-state index contributed by atoms with van der Waals surface area (Å²) in [5, 5.41) is 5.77. The van der Waals surface area contributed by atoms with E-state index >= 15 is 0 Å². The molecular formula is C13H19Cl2N3O2. The largest absolute Gasteiger partial charge is 0.325 e. The quantitative estimate of drug-likeness (QED) is 0.780. The first-order valence-corrected chi connectivity index (χ1v) is 6.45. The smallest absolute Gasteiger partial charge is 0.241 e. The minimum absolute atomic E-state index is 0. The van der Waals surface area contributed by atoms with Gasteiger partial charge >= 0.3 is 0 Å². The maximum absolute atomic E-state index is 11.9. The average Bonchev–Trinajstić information content (AvgIpc) is 2.32. The fourth-order valence-electron chi connectivity index (χ4n) is 1.59. The number of rotatable bonds is 5.